The second-order valence-corrected chi connectivity index (χ2v) is 7.72. The van der Waals surface area contributed by atoms with Crippen LogP contribution in [-0.2, 0) is 14.8 Å². The van der Waals surface area contributed by atoms with Crippen LogP contribution in [0, 0.1) is 5.92 Å². The normalized spacial score (nSPS) is 13.4. The molecule has 0 spiro atoms. The second-order valence-electron chi connectivity index (χ2n) is 6.04. The second kappa shape index (κ2) is 8.63. The number of carbonyl (C=O) groups excluding carboxylic acids is 1. The summed E-state index contributed by atoms with van der Waals surface area (Å²) in [7, 11) is -3.81. The molecule has 0 saturated heterocycles. The number of nitrogens with zero attached hydrogens (tertiary/aromatic N) is 1. The van der Waals surface area contributed by atoms with Crippen LogP contribution < -0.4 is 10.0 Å². The van der Waals surface area contributed by atoms with Gasteiger partial charge in [-0.25, -0.2) is 13.2 Å². The van der Waals surface area contributed by atoms with Gasteiger partial charge in [0.1, 0.15) is 6.04 Å². The molecule has 144 valence electrons. The molecule has 1 heterocycles. The Morgan fingerprint density at radius 3 is 2.22 bits per heavy atom. The number of sulfonamides is 1. The quantitative estimate of drug-likeness (QED) is 0.633. The third-order valence-corrected chi connectivity index (χ3v) is 5.52. The van der Waals surface area contributed by atoms with E-state index in [1.165, 1.54) is 48.8 Å². The zero-order valence-electron chi connectivity index (χ0n) is 14.9. The molecule has 3 N–H and O–H groups in total. The van der Waals surface area contributed by atoms with Crippen molar-refractivity contribution >= 4 is 27.6 Å². The maximum Gasteiger partial charge on any atom is 0.326 e. The highest BCUT2D eigenvalue weighted by Crippen LogP contribution is 2.16. The number of aromatic nitrogens is 1. The van der Waals surface area contributed by atoms with E-state index in [9.17, 15) is 23.1 Å². The van der Waals surface area contributed by atoms with Gasteiger partial charge in [0.15, 0.2) is 0 Å². The van der Waals surface area contributed by atoms with Gasteiger partial charge in [-0.3, -0.25) is 14.5 Å². The number of hydrogen-bond acceptors (Lipinski definition) is 5. The molecule has 0 unspecified atom stereocenters. The summed E-state index contributed by atoms with van der Waals surface area (Å²) in [6, 6.07) is 7.27. The Morgan fingerprint density at radius 2 is 1.70 bits per heavy atom. The lowest BCUT2D eigenvalue weighted by atomic mass is 9.99. The van der Waals surface area contributed by atoms with Gasteiger partial charge in [-0.15, -0.1) is 0 Å². The largest absolute Gasteiger partial charge is 0.480 e. The molecule has 2 rings (SSSR count). The number of anilines is 1. The zero-order valence-corrected chi connectivity index (χ0v) is 15.7. The molecule has 0 fully saturated rings. The summed E-state index contributed by atoms with van der Waals surface area (Å²) in [5, 5.41) is 11.7. The number of rotatable bonds is 8. The first-order valence-electron chi connectivity index (χ1n) is 8.31. The fraction of sp³-hybridized carbons (Fsp3) is 0.278. The molecular weight excluding hydrogens is 370 g/mol. The van der Waals surface area contributed by atoms with Crippen molar-refractivity contribution in [1.29, 1.82) is 0 Å². The standard InChI is InChI=1S/C18H21N3O5S/c1-3-12(2)16(18(23)24)20-17(22)13-4-6-15(7-5-13)27(25,26)21-14-8-10-19-11-9-14/h4-12,16H,3H2,1-2H3,(H,19,21)(H,20,22)(H,23,24)/t12-,16-/m0/s1. The van der Waals surface area contributed by atoms with E-state index >= 15 is 0 Å². The molecule has 9 heteroatoms. The van der Waals surface area contributed by atoms with Crippen LogP contribution in [0.15, 0.2) is 53.7 Å². The topological polar surface area (TPSA) is 125 Å². The van der Waals surface area contributed by atoms with Crippen molar-refractivity contribution in [2.24, 2.45) is 5.92 Å². The first kappa shape index (κ1) is 20.4. The van der Waals surface area contributed by atoms with Gasteiger partial charge in [0.2, 0.25) is 0 Å². The lowest BCUT2D eigenvalue weighted by Gasteiger charge is -2.20. The molecule has 2 atom stereocenters. The minimum absolute atomic E-state index is 0.0208. The molecular formula is C18H21N3O5S. The third kappa shape index (κ3) is 5.27. The minimum atomic E-state index is -3.81. The summed E-state index contributed by atoms with van der Waals surface area (Å²) in [6.45, 7) is 3.57. The Balaban J connectivity index is 2.14. The van der Waals surface area contributed by atoms with Crippen LogP contribution in [0.25, 0.3) is 0 Å². The van der Waals surface area contributed by atoms with Crippen molar-refractivity contribution in [2.75, 3.05) is 4.72 Å². The Morgan fingerprint density at radius 1 is 1.11 bits per heavy atom. The molecule has 2 aromatic rings. The van der Waals surface area contributed by atoms with Crippen LogP contribution in [0.2, 0.25) is 0 Å². The zero-order chi connectivity index (χ0) is 20.0. The predicted molar refractivity (Wildman–Crippen MR) is 99.8 cm³/mol. The Hall–Kier alpha value is -2.94. The van der Waals surface area contributed by atoms with Crippen LogP contribution in [0.1, 0.15) is 30.6 Å². The van der Waals surface area contributed by atoms with Crippen molar-refractivity contribution in [3.8, 4) is 0 Å². The fourth-order valence-corrected chi connectivity index (χ4v) is 3.39. The van der Waals surface area contributed by atoms with E-state index < -0.39 is 27.9 Å². The van der Waals surface area contributed by atoms with Gasteiger partial charge in [0.05, 0.1) is 10.6 Å². The highest BCUT2D eigenvalue weighted by atomic mass is 32.2. The van der Waals surface area contributed by atoms with E-state index in [0.717, 1.165) is 0 Å². The van der Waals surface area contributed by atoms with E-state index in [1.54, 1.807) is 6.92 Å². The van der Waals surface area contributed by atoms with Crippen LogP contribution in [0.3, 0.4) is 0 Å². The number of carbonyl (C=O) groups is 2. The van der Waals surface area contributed by atoms with Crippen molar-refractivity contribution in [1.82, 2.24) is 10.3 Å². The lowest BCUT2D eigenvalue weighted by molar-refractivity contribution is -0.140. The van der Waals surface area contributed by atoms with Gasteiger partial charge in [-0.05, 0) is 42.3 Å². The number of aliphatic carboxylic acids is 1. The average molecular weight is 391 g/mol. The third-order valence-electron chi connectivity index (χ3n) is 4.12. The van der Waals surface area contributed by atoms with Gasteiger partial charge in [-0.1, -0.05) is 20.3 Å². The molecule has 1 aromatic heterocycles. The number of amides is 1. The van der Waals surface area contributed by atoms with Gasteiger partial charge in [0, 0.05) is 18.0 Å². The summed E-state index contributed by atoms with van der Waals surface area (Å²) in [5.41, 5.74) is 0.539. The van der Waals surface area contributed by atoms with E-state index in [0.29, 0.717) is 12.1 Å². The summed E-state index contributed by atoms with van der Waals surface area (Å²) >= 11 is 0. The molecule has 0 radical (unpaired) electrons. The van der Waals surface area contributed by atoms with Crippen molar-refractivity contribution in [3.05, 3.63) is 54.4 Å². The molecule has 0 bridgehead atoms. The Bertz CT molecular complexity index is 898. The Kier molecular flexibility index (Phi) is 6.51. The molecule has 0 aliphatic rings. The summed E-state index contributed by atoms with van der Waals surface area (Å²) in [5.74, 6) is -1.93. The van der Waals surface area contributed by atoms with E-state index in [4.69, 9.17) is 0 Å². The number of pyridine rings is 1. The van der Waals surface area contributed by atoms with Crippen LogP contribution >= 0.6 is 0 Å². The number of hydrogen-bond donors (Lipinski definition) is 3. The number of carboxylic acids is 1. The van der Waals surface area contributed by atoms with Crippen molar-refractivity contribution < 1.29 is 23.1 Å². The maximum absolute atomic E-state index is 12.4. The fourth-order valence-electron chi connectivity index (χ4n) is 2.33. The van der Waals surface area contributed by atoms with Gasteiger partial charge in [-0.2, -0.15) is 0 Å². The van der Waals surface area contributed by atoms with E-state index in [2.05, 4.69) is 15.0 Å². The molecule has 27 heavy (non-hydrogen) atoms. The van der Waals surface area contributed by atoms with Crippen LogP contribution in [-0.4, -0.2) is 36.4 Å². The summed E-state index contributed by atoms with van der Waals surface area (Å²) in [4.78, 5) is 27.4. The van der Waals surface area contributed by atoms with Crippen LogP contribution in [0.4, 0.5) is 5.69 Å². The maximum atomic E-state index is 12.4. The SMILES string of the molecule is CC[C@H](C)[C@H](NC(=O)c1ccc(S(=O)(=O)Nc2ccncc2)cc1)C(=O)O. The molecule has 1 aromatic carbocycles. The van der Waals surface area contributed by atoms with E-state index in [1.807, 2.05) is 6.92 Å². The first-order chi connectivity index (χ1) is 12.7. The first-order valence-corrected chi connectivity index (χ1v) is 9.79. The molecule has 0 aliphatic carbocycles. The Labute approximate surface area is 157 Å². The highest BCUT2D eigenvalue weighted by Gasteiger charge is 2.26. The predicted octanol–water partition coefficient (Wildman–Crippen LogP) is 2.11. The number of carboxylic acid groups (broad SMARTS) is 1. The summed E-state index contributed by atoms with van der Waals surface area (Å²) in [6.07, 6.45) is 3.51. The van der Waals surface area contributed by atoms with Crippen LogP contribution in [0.5, 0.6) is 0 Å². The van der Waals surface area contributed by atoms with Crippen molar-refractivity contribution in [3.63, 3.8) is 0 Å². The van der Waals surface area contributed by atoms with Gasteiger partial charge >= 0.3 is 5.97 Å². The van der Waals surface area contributed by atoms with Crippen molar-refractivity contribution in [2.45, 2.75) is 31.2 Å². The molecule has 1 amide bonds. The van der Waals surface area contributed by atoms with Gasteiger partial charge < -0.3 is 10.4 Å². The number of nitrogens with one attached hydrogen (secondary N) is 2. The molecule has 0 aliphatic heterocycles. The molecule has 8 nitrogen and oxygen atoms in total. The smallest absolute Gasteiger partial charge is 0.326 e. The van der Waals surface area contributed by atoms with E-state index in [-0.39, 0.29) is 16.4 Å². The monoisotopic (exact) mass is 391 g/mol. The molecule has 0 saturated carbocycles. The number of benzene rings is 1. The highest BCUT2D eigenvalue weighted by molar-refractivity contribution is 7.92. The lowest BCUT2D eigenvalue weighted by Crippen LogP contribution is -2.45. The minimum Gasteiger partial charge on any atom is -0.480 e. The summed E-state index contributed by atoms with van der Waals surface area (Å²) < 4.78 is 27.1. The average Bonchev–Trinajstić information content (AvgIpc) is 2.65. The van der Waals surface area contributed by atoms with Gasteiger partial charge in [0.25, 0.3) is 15.9 Å².